The zero-order valence-electron chi connectivity index (χ0n) is 12.5. The fourth-order valence-electron chi connectivity index (χ4n) is 2.30. The molecule has 18 heavy (non-hydrogen) atoms. The summed E-state index contributed by atoms with van der Waals surface area (Å²) in [7, 11) is 0. The van der Waals surface area contributed by atoms with E-state index in [9.17, 15) is 0 Å². The van der Waals surface area contributed by atoms with Crippen molar-refractivity contribution in [2.24, 2.45) is 0 Å². The Labute approximate surface area is 112 Å². The minimum absolute atomic E-state index is 0.537. The fourth-order valence-corrected chi connectivity index (χ4v) is 2.30. The quantitative estimate of drug-likeness (QED) is 0.749. The number of nitrogens with one attached hydrogen (secondary N) is 1. The monoisotopic (exact) mass is 249 g/mol. The maximum absolute atomic E-state index is 5.67. The minimum Gasteiger partial charge on any atom is -0.380 e. The number of aryl methyl sites for hydroxylation is 3. The van der Waals surface area contributed by atoms with Gasteiger partial charge >= 0.3 is 0 Å². The summed E-state index contributed by atoms with van der Waals surface area (Å²) in [6.45, 7) is 13.4. The third-order valence-electron chi connectivity index (χ3n) is 3.14. The molecule has 0 heterocycles. The van der Waals surface area contributed by atoms with E-state index >= 15 is 0 Å². The van der Waals surface area contributed by atoms with Crippen LogP contribution in [0.25, 0.3) is 0 Å². The van der Waals surface area contributed by atoms with Gasteiger partial charge in [-0.3, -0.25) is 0 Å². The normalized spacial score (nSPS) is 11.2. The summed E-state index contributed by atoms with van der Waals surface area (Å²) in [5.74, 6) is 0. The van der Waals surface area contributed by atoms with Gasteiger partial charge in [-0.05, 0) is 43.9 Å². The second kappa shape index (κ2) is 7.55. The van der Waals surface area contributed by atoms with Crippen molar-refractivity contribution in [1.82, 2.24) is 5.32 Å². The summed E-state index contributed by atoms with van der Waals surface area (Å²) in [6.07, 6.45) is 1.01. The Hall–Kier alpha value is -0.860. The molecule has 0 aliphatic rings. The molecule has 1 aromatic rings. The molecule has 0 unspecified atom stereocenters. The third-order valence-corrected chi connectivity index (χ3v) is 3.14. The Bertz CT molecular complexity index is 348. The van der Waals surface area contributed by atoms with Crippen LogP contribution in [0.2, 0.25) is 0 Å². The lowest BCUT2D eigenvalue weighted by Crippen LogP contribution is -2.26. The molecule has 1 rings (SSSR count). The van der Waals surface area contributed by atoms with E-state index in [1.165, 1.54) is 22.3 Å². The molecule has 0 radical (unpaired) electrons. The highest BCUT2D eigenvalue weighted by molar-refractivity contribution is 5.37. The van der Waals surface area contributed by atoms with Crippen molar-refractivity contribution in [2.45, 2.75) is 47.1 Å². The first kappa shape index (κ1) is 15.2. The van der Waals surface area contributed by atoms with Gasteiger partial charge in [0.25, 0.3) is 0 Å². The molecule has 0 aliphatic heterocycles. The van der Waals surface area contributed by atoms with Gasteiger partial charge in [0.15, 0.2) is 0 Å². The van der Waals surface area contributed by atoms with Gasteiger partial charge in [-0.15, -0.1) is 0 Å². The van der Waals surface area contributed by atoms with Gasteiger partial charge in [-0.25, -0.2) is 0 Å². The molecule has 1 aromatic carbocycles. The van der Waals surface area contributed by atoms with Crippen LogP contribution in [0.1, 0.15) is 36.1 Å². The lowest BCUT2D eigenvalue weighted by atomic mass is 9.98. The Morgan fingerprint density at radius 1 is 1.06 bits per heavy atom. The summed E-state index contributed by atoms with van der Waals surface area (Å²) in [4.78, 5) is 0. The van der Waals surface area contributed by atoms with Crippen molar-refractivity contribution < 1.29 is 4.74 Å². The van der Waals surface area contributed by atoms with E-state index in [1.807, 2.05) is 0 Å². The fraction of sp³-hybridized carbons (Fsp3) is 0.625. The lowest BCUT2D eigenvalue weighted by molar-refractivity contribution is 0.137. The second-order valence-corrected chi connectivity index (χ2v) is 5.35. The predicted octanol–water partition coefficient (Wildman–Crippen LogP) is 3.17. The van der Waals surface area contributed by atoms with Crippen molar-refractivity contribution >= 4 is 0 Å². The zero-order chi connectivity index (χ0) is 13.5. The van der Waals surface area contributed by atoms with Crippen molar-refractivity contribution in [3.8, 4) is 0 Å². The van der Waals surface area contributed by atoms with Gasteiger partial charge in [0.1, 0.15) is 0 Å². The van der Waals surface area contributed by atoms with Crippen LogP contribution in [-0.4, -0.2) is 25.8 Å². The summed E-state index contributed by atoms with van der Waals surface area (Å²) in [6, 6.07) is 5.04. The Balaban J connectivity index is 2.31. The molecular formula is C16H27NO. The molecular weight excluding hydrogens is 222 g/mol. The summed E-state index contributed by atoms with van der Waals surface area (Å²) >= 11 is 0. The predicted molar refractivity (Wildman–Crippen MR) is 78.3 cm³/mol. The number of rotatable bonds is 7. The lowest BCUT2D eigenvalue weighted by Gasteiger charge is -2.12. The van der Waals surface area contributed by atoms with Gasteiger partial charge in [-0.1, -0.05) is 31.5 Å². The van der Waals surface area contributed by atoms with E-state index in [0.29, 0.717) is 6.04 Å². The van der Waals surface area contributed by atoms with Gasteiger partial charge < -0.3 is 10.1 Å². The molecule has 0 saturated heterocycles. The van der Waals surface area contributed by atoms with Gasteiger partial charge in [0, 0.05) is 12.6 Å². The summed E-state index contributed by atoms with van der Waals surface area (Å²) in [5.41, 5.74) is 5.56. The first-order valence-corrected chi connectivity index (χ1v) is 6.88. The average Bonchev–Trinajstić information content (AvgIpc) is 2.25. The first-order chi connectivity index (χ1) is 8.50. The van der Waals surface area contributed by atoms with Crippen molar-refractivity contribution in [1.29, 1.82) is 0 Å². The molecule has 102 valence electrons. The molecule has 0 aromatic heterocycles. The summed E-state index contributed by atoms with van der Waals surface area (Å²) < 4.78 is 5.67. The van der Waals surface area contributed by atoms with Crippen molar-refractivity contribution in [3.05, 3.63) is 34.4 Å². The van der Waals surface area contributed by atoms with E-state index in [4.69, 9.17) is 4.74 Å². The first-order valence-electron chi connectivity index (χ1n) is 6.88. The van der Waals surface area contributed by atoms with Crippen LogP contribution in [0.3, 0.4) is 0 Å². The Morgan fingerprint density at radius 3 is 2.22 bits per heavy atom. The zero-order valence-corrected chi connectivity index (χ0v) is 12.5. The number of hydrogen-bond acceptors (Lipinski definition) is 2. The molecule has 0 spiro atoms. The SMILES string of the molecule is Cc1cc(C)c(CCOCCNC(C)C)c(C)c1. The largest absolute Gasteiger partial charge is 0.380 e. The Morgan fingerprint density at radius 2 is 1.67 bits per heavy atom. The molecule has 0 bridgehead atoms. The van der Waals surface area contributed by atoms with Gasteiger partial charge in [0.2, 0.25) is 0 Å². The van der Waals surface area contributed by atoms with Crippen molar-refractivity contribution in [3.63, 3.8) is 0 Å². The molecule has 0 amide bonds. The van der Waals surface area contributed by atoms with E-state index in [-0.39, 0.29) is 0 Å². The smallest absolute Gasteiger partial charge is 0.0591 e. The number of ether oxygens (including phenoxy) is 1. The maximum Gasteiger partial charge on any atom is 0.0591 e. The highest BCUT2D eigenvalue weighted by Gasteiger charge is 2.03. The topological polar surface area (TPSA) is 21.3 Å². The van der Waals surface area contributed by atoms with Crippen LogP contribution >= 0.6 is 0 Å². The molecule has 1 N–H and O–H groups in total. The molecule has 0 fully saturated rings. The maximum atomic E-state index is 5.67. The highest BCUT2D eigenvalue weighted by Crippen LogP contribution is 2.16. The van der Waals surface area contributed by atoms with Crippen LogP contribution in [-0.2, 0) is 11.2 Å². The third kappa shape index (κ3) is 5.19. The number of benzene rings is 1. The van der Waals surface area contributed by atoms with E-state index < -0.39 is 0 Å². The molecule has 0 atom stereocenters. The van der Waals surface area contributed by atoms with E-state index in [1.54, 1.807) is 0 Å². The van der Waals surface area contributed by atoms with Gasteiger partial charge in [-0.2, -0.15) is 0 Å². The number of hydrogen-bond donors (Lipinski definition) is 1. The van der Waals surface area contributed by atoms with E-state index in [2.05, 4.69) is 52.1 Å². The minimum atomic E-state index is 0.537. The molecule has 0 saturated carbocycles. The molecule has 0 aliphatic carbocycles. The van der Waals surface area contributed by atoms with Crippen LogP contribution in [0.4, 0.5) is 0 Å². The standard InChI is InChI=1S/C16H27NO/c1-12(2)17-7-9-18-8-6-16-14(4)10-13(3)11-15(16)5/h10-12,17H,6-9H2,1-5H3. The highest BCUT2D eigenvalue weighted by atomic mass is 16.5. The second-order valence-electron chi connectivity index (χ2n) is 5.35. The van der Waals surface area contributed by atoms with Gasteiger partial charge in [0.05, 0.1) is 13.2 Å². The van der Waals surface area contributed by atoms with Crippen LogP contribution in [0.15, 0.2) is 12.1 Å². The van der Waals surface area contributed by atoms with Crippen LogP contribution in [0, 0.1) is 20.8 Å². The molecule has 2 nitrogen and oxygen atoms in total. The van der Waals surface area contributed by atoms with Crippen molar-refractivity contribution in [2.75, 3.05) is 19.8 Å². The van der Waals surface area contributed by atoms with E-state index in [0.717, 1.165) is 26.2 Å². The summed E-state index contributed by atoms with van der Waals surface area (Å²) in [5, 5.41) is 3.35. The van der Waals surface area contributed by atoms with Crippen LogP contribution in [0.5, 0.6) is 0 Å². The Kier molecular flexibility index (Phi) is 6.37. The average molecular weight is 249 g/mol. The molecule has 2 heteroatoms. The van der Waals surface area contributed by atoms with Crippen LogP contribution < -0.4 is 5.32 Å².